The lowest BCUT2D eigenvalue weighted by molar-refractivity contribution is 0.670. The van der Waals surface area contributed by atoms with E-state index in [0.29, 0.717) is 5.66 Å². The smallest absolute Gasteiger partial charge is 0.0125 e. The van der Waals surface area contributed by atoms with Gasteiger partial charge in [-0.15, -0.1) is 0 Å². The number of benzene rings is 3. The van der Waals surface area contributed by atoms with E-state index in [1.165, 1.54) is 30.4 Å². The third kappa shape index (κ3) is 3.16. The molecule has 1 aliphatic rings. The van der Waals surface area contributed by atoms with Crippen LogP contribution in [0.3, 0.4) is 0 Å². The Bertz CT molecular complexity index is 835. The van der Waals surface area contributed by atoms with Crippen molar-refractivity contribution >= 4 is 18.5 Å². The lowest BCUT2D eigenvalue weighted by Gasteiger charge is -2.35. The van der Waals surface area contributed by atoms with Crippen molar-refractivity contribution < 1.29 is 0 Å². The molecule has 0 nitrogen and oxygen atoms in total. The SMILES string of the molecule is Cc1ccccc1P(c1ccccc1C)C1CCCc2ccccc21. The van der Waals surface area contributed by atoms with Crippen molar-refractivity contribution in [2.75, 3.05) is 0 Å². The number of fused-ring (bicyclic) bond motifs is 1. The fourth-order valence-corrected chi connectivity index (χ4v) is 7.43. The Kier molecular flexibility index (Phi) is 4.73. The van der Waals surface area contributed by atoms with Crippen LogP contribution in [0.25, 0.3) is 0 Å². The topological polar surface area (TPSA) is 0 Å². The molecule has 0 fully saturated rings. The molecule has 0 aliphatic heterocycles. The second-order valence-electron chi connectivity index (χ2n) is 7.05. The van der Waals surface area contributed by atoms with Crippen molar-refractivity contribution in [1.82, 2.24) is 0 Å². The van der Waals surface area contributed by atoms with E-state index in [-0.39, 0.29) is 0 Å². The zero-order valence-electron chi connectivity index (χ0n) is 15.1. The lowest BCUT2D eigenvalue weighted by atomic mass is 9.91. The molecule has 4 rings (SSSR count). The Hall–Kier alpha value is -1.91. The largest absolute Gasteiger partial charge is 0.0620 e. The van der Waals surface area contributed by atoms with Crippen LogP contribution in [0.4, 0.5) is 0 Å². The molecular weight excluding hydrogens is 319 g/mol. The zero-order valence-corrected chi connectivity index (χ0v) is 16.0. The van der Waals surface area contributed by atoms with E-state index in [9.17, 15) is 0 Å². The fraction of sp³-hybridized carbons (Fsp3) is 0.250. The van der Waals surface area contributed by atoms with E-state index in [4.69, 9.17) is 0 Å². The summed E-state index contributed by atoms with van der Waals surface area (Å²) in [5.41, 5.74) is 6.64. The molecule has 0 heterocycles. The maximum Gasteiger partial charge on any atom is 0.0125 e. The van der Waals surface area contributed by atoms with Gasteiger partial charge in [0.15, 0.2) is 0 Å². The summed E-state index contributed by atoms with van der Waals surface area (Å²) in [6.07, 6.45) is 3.83. The second-order valence-corrected chi connectivity index (χ2v) is 9.38. The summed E-state index contributed by atoms with van der Waals surface area (Å²) in [6.45, 7) is 4.55. The number of rotatable bonds is 3. The summed E-state index contributed by atoms with van der Waals surface area (Å²) in [6, 6.07) is 27.2. The normalized spacial score (nSPS) is 16.7. The van der Waals surface area contributed by atoms with Crippen LogP contribution in [0.5, 0.6) is 0 Å². The quantitative estimate of drug-likeness (QED) is 0.526. The van der Waals surface area contributed by atoms with Crippen LogP contribution >= 0.6 is 7.92 Å². The molecule has 1 atom stereocenters. The fourth-order valence-electron chi connectivity index (χ4n) is 4.13. The van der Waals surface area contributed by atoms with Gasteiger partial charge in [-0.05, 0) is 73.9 Å². The summed E-state index contributed by atoms with van der Waals surface area (Å²) < 4.78 is 0. The second kappa shape index (κ2) is 7.14. The van der Waals surface area contributed by atoms with E-state index < -0.39 is 7.92 Å². The molecule has 1 unspecified atom stereocenters. The average Bonchev–Trinajstić information content (AvgIpc) is 2.65. The van der Waals surface area contributed by atoms with Crippen molar-refractivity contribution in [3.8, 4) is 0 Å². The van der Waals surface area contributed by atoms with Crippen molar-refractivity contribution in [3.05, 3.63) is 95.1 Å². The molecule has 1 heteroatoms. The minimum Gasteiger partial charge on any atom is -0.0620 e. The van der Waals surface area contributed by atoms with Gasteiger partial charge in [-0.2, -0.15) is 0 Å². The summed E-state index contributed by atoms with van der Waals surface area (Å²) in [4.78, 5) is 0. The Morgan fingerprint density at radius 3 is 1.92 bits per heavy atom. The molecule has 0 amide bonds. The molecular formula is C24H25P. The number of aryl methyl sites for hydroxylation is 3. The van der Waals surface area contributed by atoms with Gasteiger partial charge in [0.2, 0.25) is 0 Å². The molecule has 3 aromatic rings. The third-order valence-electron chi connectivity index (χ3n) is 5.40. The van der Waals surface area contributed by atoms with Crippen LogP contribution in [0.2, 0.25) is 0 Å². The van der Waals surface area contributed by atoms with E-state index in [1.54, 1.807) is 21.7 Å². The van der Waals surface area contributed by atoms with Crippen LogP contribution in [0.15, 0.2) is 72.8 Å². The lowest BCUT2D eigenvalue weighted by Crippen LogP contribution is -2.23. The van der Waals surface area contributed by atoms with Crippen LogP contribution in [0, 0.1) is 13.8 Å². The molecule has 126 valence electrons. The molecule has 0 aromatic heterocycles. The van der Waals surface area contributed by atoms with E-state index in [1.807, 2.05) is 0 Å². The highest BCUT2D eigenvalue weighted by Gasteiger charge is 2.31. The minimum absolute atomic E-state index is 0.397. The Morgan fingerprint density at radius 2 is 1.28 bits per heavy atom. The molecule has 0 spiro atoms. The monoisotopic (exact) mass is 344 g/mol. The third-order valence-corrected chi connectivity index (χ3v) is 8.60. The molecule has 1 aliphatic carbocycles. The Morgan fingerprint density at radius 1 is 0.720 bits per heavy atom. The molecule has 25 heavy (non-hydrogen) atoms. The summed E-state index contributed by atoms with van der Waals surface area (Å²) >= 11 is 0. The van der Waals surface area contributed by atoms with Gasteiger partial charge in [0.05, 0.1) is 0 Å². The van der Waals surface area contributed by atoms with Crippen LogP contribution in [-0.4, -0.2) is 0 Å². The van der Waals surface area contributed by atoms with Crippen molar-refractivity contribution in [1.29, 1.82) is 0 Å². The summed E-state index contributed by atoms with van der Waals surface area (Å²) in [7, 11) is -0.397. The van der Waals surface area contributed by atoms with Gasteiger partial charge < -0.3 is 0 Å². The maximum atomic E-state index is 2.38. The highest BCUT2D eigenvalue weighted by molar-refractivity contribution is 7.73. The van der Waals surface area contributed by atoms with Crippen LogP contribution in [0.1, 0.15) is 40.8 Å². The average molecular weight is 344 g/mol. The Balaban J connectivity index is 1.91. The summed E-state index contributed by atoms with van der Waals surface area (Å²) in [5.74, 6) is 0. The molecule has 0 saturated heterocycles. The van der Waals surface area contributed by atoms with Crippen LogP contribution < -0.4 is 10.6 Å². The van der Waals surface area contributed by atoms with E-state index in [2.05, 4.69) is 86.6 Å². The van der Waals surface area contributed by atoms with Gasteiger partial charge in [-0.25, -0.2) is 0 Å². The van der Waals surface area contributed by atoms with Crippen molar-refractivity contribution in [3.63, 3.8) is 0 Å². The maximum absolute atomic E-state index is 2.38. The Labute approximate surface area is 152 Å². The first-order chi connectivity index (χ1) is 12.3. The first-order valence-electron chi connectivity index (χ1n) is 9.24. The molecule has 0 N–H and O–H groups in total. The number of hydrogen-bond acceptors (Lipinski definition) is 0. The standard InChI is InChI=1S/C24H25P/c1-18-10-3-7-15-22(18)25(23-16-8-4-11-19(23)2)24-17-9-13-20-12-5-6-14-21(20)24/h3-8,10-12,14-16,24H,9,13,17H2,1-2H3. The minimum atomic E-state index is -0.397. The van der Waals surface area contributed by atoms with E-state index >= 15 is 0 Å². The van der Waals surface area contributed by atoms with Gasteiger partial charge >= 0.3 is 0 Å². The predicted octanol–water partition coefficient (Wildman–Crippen LogP) is 5.81. The van der Waals surface area contributed by atoms with Gasteiger partial charge in [0, 0.05) is 5.66 Å². The van der Waals surface area contributed by atoms with Gasteiger partial charge in [0.25, 0.3) is 0 Å². The van der Waals surface area contributed by atoms with Crippen molar-refractivity contribution in [2.45, 2.75) is 38.8 Å². The zero-order chi connectivity index (χ0) is 17.2. The molecule has 0 radical (unpaired) electrons. The first-order valence-corrected chi connectivity index (χ1v) is 10.6. The van der Waals surface area contributed by atoms with Gasteiger partial charge in [0.1, 0.15) is 0 Å². The molecule has 0 saturated carbocycles. The van der Waals surface area contributed by atoms with Crippen LogP contribution in [-0.2, 0) is 6.42 Å². The highest BCUT2D eigenvalue weighted by atomic mass is 31.1. The first kappa shape index (κ1) is 16.6. The summed E-state index contributed by atoms with van der Waals surface area (Å²) in [5, 5.41) is 3.10. The van der Waals surface area contributed by atoms with Gasteiger partial charge in [-0.1, -0.05) is 72.8 Å². The number of hydrogen-bond donors (Lipinski definition) is 0. The van der Waals surface area contributed by atoms with Crippen molar-refractivity contribution in [2.24, 2.45) is 0 Å². The van der Waals surface area contributed by atoms with Gasteiger partial charge in [-0.3, -0.25) is 0 Å². The molecule has 0 bridgehead atoms. The predicted molar refractivity (Wildman–Crippen MR) is 111 cm³/mol. The molecule has 3 aromatic carbocycles. The van der Waals surface area contributed by atoms with E-state index in [0.717, 1.165) is 0 Å². The highest BCUT2D eigenvalue weighted by Crippen LogP contribution is 2.55.